The molecule has 0 spiro atoms. The zero-order valence-corrected chi connectivity index (χ0v) is 19.6. The van der Waals surface area contributed by atoms with Crippen molar-refractivity contribution >= 4 is 45.0 Å². The van der Waals surface area contributed by atoms with Crippen LogP contribution in [-0.4, -0.2) is 32.0 Å². The summed E-state index contributed by atoms with van der Waals surface area (Å²) in [6, 6.07) is 9.23. The van der Waals surface area contributed by atoms with Gasteiger partial charge in [-0.1, -0.05) is 31.7 Å². The first-order chi connectivity index (χ1) is 14.9. The van der Waals surface area contributed by atoms with Crippen LogP contribution >= 0.6 is 11.8 Å². The van der Waals surface area contributed by atoms with E-state index in [2.05, 4.69) is 15.4 Å². The number of anilines is 2. The minimum absolute atomic E-state index is 0.0537. The summed E-state index contributed by atoms with van der Waals surface area (Å²) >= 11 is 0.362. The molecule has 1 atom stereocenters. The third kappa shape index (κ3) is 7.20. The monoisotopic (exact) mass is 485 g/mol. The minimum atomic E-state index is -4.02. The van der Waals surface area contributed by atoms with Gasteiger partial charge in [-0.05, 0) is 54.8 Å². The Kier molecular flexibility index (Phi) is 8.62. The van der Waals surface area contributed by atoms with Crippen molar-refractivity contribution in [3.8, 4) is 0 Å². The summed E-state index contributed by atoms with van der Waals surface area (Å²) in [5, 5.41) is 5.21. The number of aryl methyl sites for hydroxylation is 1. The number of thioether (sulfide) groups is 1. The second-order valence-corrected chi connectivity index (χ2v) is 10.1. The fourth-order valence-electron chi connectivity index (χ4n) is 2.86. The Morgan fingerprint density at radius 1 is 1.00 bits per heavy atom. The first-order valence-electron chi connectivity index (χ1n) is 9.65. The molecule has 0 heterocycles. The summed E-state index contributed by atoms with van der Waals surface area (Å²) in [5.74, 6) is -3.57. The van der Waals surface area contributed by atoms with Crippen molar-refractivity contribution in [2.24, 2.45) is 5.92 Å². The molecule has 0 aromatic heterocycles. The van der Waals surface area contributed by atoms with Gasteiger partial charge in [0.1, 0.15) is 6.04 Å². The van der Waals surface area contributed by atoms with Crippen molar-refractivity contribution < 1.29 is 26.8 Å². The molecule has 174 valence electrons. The second kappa shape index (κ2) is 10.8. The number of hydrogen-bond donors (Lipinski definition) is 3. The third-order valence-corrected chi connectivity index (χ3v) is 6.63. The van der Waals surface area contributed by atoms with E-state index in [-0.39, 0.29) is 28.1 Å². The fourth-order valence-corrected chi connectivity index (χ4v) is 4.69. The third-order valence-electron chi connectivity index (χ3n) is 4.38. The maximum absolute atomic E-state index is 12.9. The minimum Gasteiger partial charge on any atom is -0.344 e. The highest BCUT2D eigenvalue weighted by atomic mass is 32.2. The molecule has 7 nitrogen and oxygen atoms in total. The lowest BCUT2D eigenvalue weighted by molar-refractivity contribution is -0.126. The van der Waals surface area contributed by atoms with Gasteiger partial charge in [0.15, 0.2) is 0 Å². The molecular weight excluding hydrogens is 460 g/mol. The molecule has 0 saturated heterocycles. The van der Waals surface area contributed by atoms with E-state index in [1.165, 1.54) is 37.3 Å². The van der Waals surface area contributed by atoms with Crippen LogP contribution in [0.4, 0.5) is 20.2 Å². The van der Waals surface area contributed by atoms with Gasteiger partial charge in [0.25, 0.3) is 15.8 Å². The number of nitrogens with one attached hydrogen (secondary N) is 3. The van der Waals surface area contributed by atoms with Gasteiger partial charge >= 0.3 is 0 Å². The molecule has 0 radical (unpaired) electrons. The molecule has 32 heavy (non-hydrogen) atoms. The molecule has 0 fully saturated rings. The molecule has 0 saturated carbocycles. The maximum Gasteiger partial charge on any atom is 0.288 e. The zero-order valence-electron chi connectivity index (χ0n) is 18.0. The lowest BCUT2D eigenvalue weighted by Crippen LogP contribution is -2.46. The zero-order chi connectivity index (χ0) is 24.1. The molecule has 2 amide bonds. The van der Waals surface area contributed by atoms with Crippen LogP contribution in [0.2, 0.25) is 0 Å². The lowest BCUT2D eigenvalue weighted by atomic mass is 10.0. The molecule has 0 aliphatic carbocycles. The molecule has 2 aromatic carbocycles. The van der Waals surface area contributed by atoms with Gasteiger partial charge in [-0.25, -0.2) is 8.42 Å². The molecule has 0 aliphatic rings. The highest BCUT2D eigenvalue weighted by molar-refractivity contribution is 7.99. The summed E-state index contributed by atoms with van der Waals surface area (Å²) < 4.78 is 53.1. The summed E-state index contributed by atoms with van der Waals surface area (Å²) in [6.07, 6.45) is 0. The van der Waals surface area contributed by atoms with Crippen LogP contribution in [0.1, 0.15) is 26.3 Å². The SMILES string of the molecule is CC(=O)NC(C(=O)Nc1ccc(C)c(S(=O)(=O)Nc2ccc(SC(F)F)cc2)c1)C(C)C. The number of amides is 2. The number of hydrogen-bond acceptors (Lipinski definition) is 5. The van der Waals surface area contributed by atoms with Gasteiger partial charge in [0.05, 0.1) is 4.90 Å². The van der Waals surface area contributed by atoms with Crippen molar-refractivity contribution in [1.29, 1.82) is 0 Å². The summed E-state index contributed by atoms with van der Waals surface area (Å²) in [7, 11) is -4.02. The Hall–Kier alpha value is -2.66. The van der Waals surface area contributed by atoms with Crippen molar-refractivity contribution in [1.82, 2.24) is 5.32 Å². The van der Waals surface area contributed by atoms with E-state index in [1.54, 1.807) is 32.9 Å². The largest absolute Gasteiger partial charge is 0.344 e. The summed E-state index contributed by atoms with van der Waals surface area (Å²) in [5.41, 5.74) is 0.909. The Labute approximate surface area is 190 Å². The molecule has 3 N–H and O–H groups in total. The van der Waals surface area contributed by atoms with Crippen LogP contribution in [-0.2, 0) is 19.6 Å². The first kappa shape index (κ1) is 25.6. The van der Waals surface area contributed by atoms with Crippen LogP contribution in [0.3, 0.4) is 0 Å². The van der Waals surface area contributed by atoms with Crippen molar-refractivity contribution in [3.63, 3.8) is 0 Å². The van der Waals surface area contributed by atoms with Crippen LogP contribution in [0.15, 0.2) is 52.3 Å². The lowest BCUT2D eigenvalue weighted by Gasteiger charge is -2.21. The average molecular weight is 486 g/mol. The van der Waals surface area contributed by atoms with Crippen LogP contribution in [0, 0.1) is 12.8 Å². The normalized spacial score (nSPS) is 12.5. The number of sulfonamides is 1. The van der Waals surface area contributed by atoms with E-state index in [0.717, 1.165) is 0 Å². The van der Waals surface area contributed by atoms with Gasteiger partial charge < -0.3 is 10.6 Å². The molecule has 0 bridgehead atoms. The van der Waals surface area contributed by atoms with Crippen LogP contribution in [0.5, 0.6) is 0 Å². The van der Waals surface area contributed by atoms with Crippen molar-refractivity contribution in [2.45, 2.75) is 49.3 Å². The molecule has 0 aliphatic heterocycles. The van der Waals surface area contributed by atoms with E-state index in [9.17, 15) is 26.8 Å². The Bertz CT molecular complexity index is 1070. The number of alkyl halides is 2. The standard InChI is InChI=1S/C21H25F2N3O4S2/c1-12(2)19(24-14(4)27)20(28)25-16-6-5-13(3)18(11-16)32(29,30)26-15-7-9-17(10-8-15)31-21(22)23/h5-12,19,21,26H,1-4H3,(H,24,27)(H,25,28). The predicted molar refractivity (Wildman–Crippen MR) is 121 cm³/mol. The molecular formula is C21H25F2N3O4S2. The number of carbonyl (C=O) groups excluding carboxylic acids is 2. The van der Waals surface area contributed by atoms with Gasteiger partial charge in [0, 0.05) is 23.2 Å². The van der Waals surface area contributed by atoms with E-state index in [4.69, 9.17) is 0 Å². The van der Waals surface area contributed by atoms with Gasteiger partial charge in [0.2, 0.25) is 11.8 Å². The highest BCUT2D eigenvalue weighted by Gasteiger charge is 2.24. The van der Waals surface area contributed by atoms with E-state index >= 15 is 0 Å². The Balaban J connectivity index is 2.23. The van der Waals surface area contributed by atoms with Crippen LogP contribution in [0.25, 0.3) is 0 Å². The molecule has 11 heteroatoms. The molecule has 1 unspecified atom stereocenters. The summed E-state index contributed by atoms with van der Waals surface area (Å²) in [4.78, 5) is 24.2. The van der Waals surface area contributed by atoms with E-state index in [1.807, 2.05) is 0 Å². The van der Waals surface area contributed by atoms with Crippen molar-refractivity contribution in [2.75, 3.05) is 10.0 Å². The number of halogens is 2. The number of benzene rings is 2. The average Bonchev–Trinajstić information content (AvgIpc) is 2.68. The quantitative estimate of drug-likeness (QED) is 0.462. The van der Waals surface area contributed by atoms with Gasteiger partial charge in [-0.2, -0.15) is 8.78 Å². The topological polar surface area (TPSA) is 104 Å². The second-order valence-electron chi connectivity index (χ2n) is 7.40. The summed E-state index contributed by atoms with van der Waals surface area (Å²) in [6.45, 7) is 6.47. The van der Waals surface area contributed by atoms with E-state index in [0.29, 0.717) is 22.2 Å². The van der Waals surface area contributed by atoms with Gasteiger partial charge in [-0.15, -0.1) is 0 Å². The number of carbonyl (C=O) groups is 2. The number of rotatable bonds is 9. The Morgan fingerprint density at radius 2 is 1.59 bits per heavy atom. The van der Waals surface area contributed by atoms with Crippen molar-refractivity contribution in [3.05, 3.63) is 48.0 Å². The first-order valence-corrected chi connectivity index (χ1v) is 12.0. The predicted octanol–water partition coefficient (Wildman–Crippen LogP) is 4.21. The smallest absolute Gasteiger partial charge is 0.288 e. The van der Waals surface area contributed by atoms with E-state index < -0.39 is 27.7 Å². The molecule has 2 rings (SSSR count). The molecule has 2 aromatic rings. The Morgan fingerprint density at radius 3 is 2.12 bits per heavy atom. The highest BCUT2D eigenvalue weighted by Crippen LogP contribution is 2.28. The maximum atomic E-state index is 12.9. The van der Waals surface area contributed by atoms with Gasteiger partial charge in [-0.3, -0.25) is 14.3 Å². The fraction of sp³-hybridized carbons (Fsp3) is 0.333. The van der Waals surface area contributed by atoms with Crippen LogP contribution < -0.4 is 15.4 Å².